The number of amides is 2. The Morgan fingerprint density at radius 1 is 1.12 bits per heavy atom. The third-order valence-electron chi connectivity index (χ3n) is 2.58. The number of hydrogen-bond acceptors (Lipinski definition) is 3. The van der Waals surface area contributed by atoms with Crippen molar-refractivity contribution in [1.29, 1.82) is 0 Å². The molecule has 90 valence electrons. The summed E-state index contributed by atoms with van der Waals surface area (Å²) in [5, 5.41) is 0.160. The Morgan fingerprint density at radius 2 is 1.65 bits per heavy atom. The molecule has 1 heterocycles. The average Bonchev–Trinajstić information content (AvgIpc) is 2.54. The summed E-state index contributed by atoms with van der Waals surface area (Å²) < 4.78 is 19.3. The molecule has 1 aliphatic rings. The molecule has 0 radical (unpaired) electrons. The Hall–Kier alpha value is -1.36. The molecule has 0 aliphatic carbocycles. The molecule has 0 bridgehead atoms. The number of nitrogens with zero attached hydrogens (tertiary/aromatic N) is 1. The Labute approximate surface area is 102 Å². The number of rotatable bonds is 4. The SMILES string of the molecule is O=C1c2ccccc2C(=O)N1CCC[Se](=O)O. The van der Waals surface area contributed by atoms with Crippen LogP contribution < -0.4 is 0 Å². The second kappa shape index (κ2) is 4.87. The topological polar surface area (TPSA) is 74.7 Å². The molecule has 1 aliphatic heterocycles. The summed E-state index contributed by atoms with van der Waals surface area (Å²) >= 11 is -2.73. The van der Waals surface area contributed by atoms with Gasteiger partial charge in [0.1, 0.15) is 0 Å². The molecular formula is C11H11NO4Se. The number of fused-ring (bicyclic) bond motifs is 1. The summed E-state index contributed by atoms with van der Waals surface area (Å²) in [4.78, 5) is 24.9. The van der Waals surface area contributed by atoms with Crippen molar-refractivity contribution in [3.8, 4) is 0 Å². The Balaban J connectivity index is 2.11. The van der Waals surface area contributed by atoms with Crippen molar-refractivity contribution in [2.24, 2.45) is 0 Å². The van der Waals surface area contributed by atoms with Gasteiger partial charge in [-0.3, -0.25) is 0 Å². The van der Waals surface area contributed by atoms with E-state index in [1.54, 1.807) is 24.3 Å². The summed E-state index contributed by atoms with van der Waals surface area (Å²) in [5.41, 5.74) is 0.826. The van der Waals surface area contributed by atoms with Crippen LogP contribution in [-0.4, -0.2) is 41.6 Å². The summed E-state index contributed by atoms with van der Waals surface area (Å²) in [6.07, 6.45) is 0.371. The second-order valence-corrected chi connectivity index (χ2v) is 5.89. The summed E-state index contributed by atoms with van der Waals surface area (Å²) in [6.45, 7) is 0.204. The van der Waals surface area contributed by atoms with Gasteiger partial charge in [0.25, 0.3) is 0 Å². The van der Waals surface area contributed by atoms with E-state index >= 15 is 0 Å². The molecule has 5 nitrogen and oxygen atoms in total. The van der Waals surface area contributed by atoms with Crippen LogP contribution in [0.4, 0.5) is 0 Å². The molecule has 2 amide bonds. The fourth-order valence-corrected chi connectivity index (χ4v) is 2.58. The molecule has 0 spiro atoms. The van der Waals surface area contributed by atoms with Crippen LogP contribution in [0.2, 0.25) is 5.32 Å². The van der Waals surface area contributed by atoms with Crippen LogP contribution in [0.25, 0.3) is 0 Å². The number of imide groups is 1. The van der Waals surface area contributed by atoms with Crippen LogP contribution in [0.15, 0.2) is 24.3 Å². The first kappa shape index (κ1) is 12.1. The van der Waals surface area contributed by atoms with Gasteiger partial charge in [0, 0.05) is 0 Å². The van der Waals surface area contributed by atoms with Gasteiger partial charge in [0.15, 0.2) is 0 Å². The van der Waals surface area contributed by atoms with Gasteiger partial charge in [-0.25, -0.2) is 0 Å². The van der Waals surface area contributed by atoms with Gasteiger partial charge < -0.3 is 0 Å². The zero-order chi connectivity index (χ0) is 12.4. The van der Waals surface area contributed by atoms with E-state index in [0.29, 0.717) is 17.5 Å². The van der Waals surface area contributed by atoms with Crippen molar-refractivity contribution in [3.05, 3.63) is 35.4 Å². The van der Waals surface area contributed by atoms with Crippen molar-refractivity contribution in [3.63, 3.8) is 0 Å². The fourth-order valence-electron chi connectivity index (χ4n) is 1.79. The van der Waals surface area contributed by atoms with Crippen molar-refractivity contribution in [2.45, 2.75) is 11.7 Å². The number of carbonyl (C=O) groups is 2. The molecule has 2 rings (SSSR count). The molecular weight excluding hydrogens is 289 g/mol. The first-order chi connectivity index (χ1) is 8.11. The average molecular weight is 300 g/mol. The Kier molecular flexibility index (Phi) is 3.47. The van der Waals surface area contributed by atoms with Crippen LogP contribution in [-0.2, 0) is 3.83 Å². The van der Waals surface area contributed by atoms with E-state index in [-0.39, 0.29) is 23.7 Å². The maximum absolute atomic E-state index is 11.9. The number of carbonyl (C=O) groups excluding carboxylic acids is 2. The first-order valence-electron chi connectivity index (χ1n) is 5.14. The van der Waals surface area contributed by atoms with Crippen LogP contribution in [0.1, 0.15) is 27.1 Å². The Bertz CT molecular complexity index is 465. The second-order valence-electron chi connectivity index (χ2n) is 3.69. The summed E-state index contributed by atoms with van der Waals surface area (Å²) in [6, 6.07) is 6.65. The van der Waals surface area contributed by atoms with E-state index < -0.39 is 14.2 Å². The molecule has 0 aromatic heterocycles. The molecule has 1 unspecified atom stereocenters. The number of benzene rings is 1. The minimum absolute atomic E-state index is 0.160. The van der Waals surface area contributed by atoms with E-state index in [9.17, 15) is 13.4 Å². The van der Waals surface area contributed by atoms with Gasteiger partial charge in [-0.1, -0.05) is 0 Å². The molecule has 6 heteroatoms. The molecule has 17 heavy (non-hydrogen) atoms. The van der Waals surface area contributed by atoms with E-state index in [4.69, 9.17) is 4.19 Å². The molecule has 0 saturated heterocycles. The quantitative estimate of drug-likeness (QED) is 0.652. The molecule has 1 atom stereocenters. The van der Waals surface area contributed by atoms with Crippen molar-refractivity contribution in [1.82, 2.24) is 4.90 Å². The van der Waals surface area contributed by atoms with Crippen molar-refractivity contribution in [2.75, 3.05) is 6.54 Å². The zero-order valence-corrected chi connectivity index (χ0v) is 10.7. The minimum atomic E-state index is -2.73. The van der Waals surface area contributed by atoms with Gasteiger partial charge in [-0.15, -0.1) is 0 Å². The van der Waals surface area contributed by atoms with Crippen LogP contribution >= 0.6 is 0 Å². The predicted octanol–water partition coefficient (Wildman–Crippen LogP) is 0.584. The third-order valence-corrected chi connectivity index (χ3v) is 3.92. The molecule has 1 aromatic carbocycles. The van der Waals surface area contributed by atoms with Gasteiger partial charge in [0.05, 0.1) is 0 Å². The molecule has 0 fully saturated rings. The van der Waals surface area contributed by atoms with Gasteiger partial charge in [-0.2, -0.15) is 0 Å². The summed E-state index contributed by atoms with van der Waals surface area (Å²) in [5.74, 6) is -0.628. The van der Waals surface area contributed by atoms with Gasteiger partial charge in [-0.05, 0) is 0 Å². The van der Waals surface area contributed by atoms with Gasteiger partial charge in [0.2, 0.25) is 0 Å². The van der Waals surface area contributed by atoms with Crippen molar-refractivity contribution < 1.29 is 17.6 Å². The van der Waals surface area contributed by atoms with E-state index in [2.05, 4.69) is 0 Å². The standard InChI is InChI=1S/C11H11NO4Se/c13-10-8-4-1-2-5-9(8)11(14)12(10)6-3-7-17(15)16/h1-2,4-5H,3,6-7H2,(H,15,16). The van der Waals surface area contributed by atoms with Crippen LogP contribution in [0, 0.1) is 0 Å². The molecule has 0 saturated carbocycles. The normalized spacial score (nSPS) is 16.2. The third kappa shape index (κ3) is 2.34. The number of hydrogen-bond donors (Lipinski definition) is 1. The van der Waals surface area contributed by atoms with Crippen molar-refractivity contribution >= 4 is 26.0 Å². The maximum atomic E-state index is 11.9. The van der Waals surface area contributed by atoms with Crippen LogP contribution in [0.5, 0.6) is 0 Å². The zero-order valence-electron chi connectivity index (χ0n) is 8.96. The van der Waals surface area contributed by atoms with E-state index in [0.717, 1.165) is 4.90 Å². The van der Waals surface area contributed by atoms with E-state index in [1.807, 2.05) is 0 Å². The Morgan fingerprint density at radius 3 is 2.12 bits per heavy atom. The van der Waals surface area contributed by atoms with Gasteiger partial charge >= 0.3 is 102 Å². The first-order valence-corrected chi connectivity index (χ1v) is 7.81. The fraction of sp³-hybridized carbons (Fsp3) is 0.273. The monoisotopic (exact) mass is 301 g/mol. The molecule has 1 aromatic rings. The van der Waals surface area contributed by atoms with Crippen LogP contribution in [0.3, 0.4) is 0 Å². The predicted molar refractivity (Wildman–Crippen MR) is 59.9 cm³/mol. The molecule has 1 N–H and O–H groups in total. The van der Waals surface area contributed by atoms with E-state index in [1.165, 1.54) is 0 Å². The summed E-state index contributed by atoms with van der Waals surface area (Å²) in [7, 11) is 0.